The largest absolute Gasteiger partial charge is 0.486 e. The zero-order valence-electron chi connectivity index (χ0n) is 21.3. The molecule has 0 aromatic heterocycles. The van der Waals surface area contributed by atoms with Crippen LogP contribution < -0.4 is 19.9 Å². The Kier molecular flexibility index (Phi) is 7.24. The van der Waals surface area contributed by atoms with E-state index in [1.165, 1.54) is 6.07 Å². The first-order valence-electron chi connectivity index (χ1n) is 11.8. The SMILES string of the molecule is C=C(F)/C(=N\C(=N/C)Nc1ccc2ccc(N(C)C)cc2c1)c1cc(F)c2c(c1)N(C(C)C)CCO2. The Morgan fingerprint density at radius 3 is 2.53 bits per heavy atom. The van der Waals surface area contributed by atoms with Crippen LogP contribution in [0.4, 0.5) is 25.8 Å². The molecule has 6 nitrogen and oxygen atoms in total. The highest BCUT2D eigenvalue weighted by Gasteiger charge is 2.26. The second kappa shape index (κ2) is 10.4. The molecule has 4 rings (SSSR count). The fourth-order valence-corrected chi connectivity index (χ4v) is 4.22. The van der Waals surface area contributed by atoms with Crippen LogP contribution in [0.1, 0.15) is 19.4 Å². The molecule has 0 aliphatic carbocycles. The number of fused-ring (bicyclic) bond motifs is 2. The third-order valence-corrected chi connectivity index (χ3v) is 6.09. The molecule has 3 aromatic carbocycles. The molecule has 0 fully saturated rings. The van der Waals surface area contributed by atoms with Gasteiger partial charge in [0.05, 0.1) is 12.2 Å². The lowest BCUT2D eigenvalue weighted by atomic mass is 10.1. The van der Waals surface area contributed by atoms with E-state index in [4.69, 9.17) is 4.74 Å². The van der Waals surface area contributed by atoms with Crippen molar-refractivity contribution in [2.24, 2.45) is 9.98 Å². The standard InChI is InChI=1S/C28H31F2N5O/c1-17(2)35-11-12-36-27-24(30)15-21(16-25(27)35)26(18(3)29)33-28(31-4)32-22-9-7-19-8-10-23(34(5)6)14-20(19)13-22/h7-10,13-17H,3,11-12H2,1-2,4-6H3,(H,31,32)/b33-26+. The Labute approximate surface area is 210 Å². The molecule has 0 atom stereocenters. The highest BCUT2D eigenvalue weighted by molar-refractivity contribution is 6.17. The normalized spacial score (nSPS) is 14.1. The minimum Gasteiger partial charge on any atom is -0.486 e. The molecular formula is C28H31F2N5O. The van der Waals surface area contributed by atoms with Gasteiger partial charge in [-0.1, -0.05) is 18.7 Å². The Bertz CT molecular complexity index is 1360. The number of hydrogen-bond donors (Lipinski definition) is 1. The van der Waals surface area contributed by atoms with Gasteiger partial charge in [-0.15, -0.1) is 0 Å². The summed E-state index contributed by atoms with van der Waals surface area (Å²) in [6.45, 7) is 8.46. The predicted octanol–water partition coefficient (Wildman–Crippen LogP) is 6.02. The number of hydrogen-bond acceptors (Lipinski definition) is 4. The first-order chi connectivity index (χ1) is 17.2. The zero-order chi connectivity index (χ0) is 26.0. The summed E-state index contributed by atoms with van der Waals surface area (Å²) in [6.07, 6.45) is 0. The van der Waals surface area contributed by atoms with Crippen LogP contribution in [-0.2, 0) is 0 Å². The van der Waals surface area contributed by atoms with Crippen molar-refractivity contribution in [3.05, 3.63) is 72.3 Å². The van der Waals surface area contributed by atoms with Crippen LogP contribution in [0.15, 0.2) is 70.9 Å². The van der Waals surface area contributed by atoms with E-state index in [0.717, 1.165) is 22.1 Å². The van der Waals surface area contributed by atoms with Gasteiger partial charge in [-0.2, -0.15) is 0 Å². The van der Waals surface area contributed by atoms with Crippen molar-refractivity contribution < 1.29 is 13.5 Å². The molecule has 0 spiro atoms. The third kappa shape index (κ3) is 5.17. The molecule has 0 bridgehead atoms. The van der Waals surface area contributed by atoms with E-state index in [2.05, 4.69) is 40.1 Å². The van der Waals surface area contributed by atoms with E-state index in [1.807, 2.05) is 55.9 Å². The number of anilines is 3. The number of rotatable bonds is 5. The lowest BCUT2D eigenvalue weighted by Crippen LogP contribution is -2.38. The fraction of sp³-hybridized carbons (Fsp3) is 0.286. The first kappa shape index (κ1) is 25.2. The van der Waals surface area contributed by atoms with Crippen LogP contribution >= 0.6 is 0 Å². The van der Waals surface area contributed by atoms with Crippen molar-refractivity contribution in [2.45, 2.75) is 19.9 Å². The van der Waals surface area contributed by atoms with E-state index < -0.39 is 11.6 Å². The van der Waals surface area contributed by atoms with Crippen LogP contribution in [0.25, 0.3) is 10.8 Å². The minimum absolute atomic E-state index is 0.102. The average Bonchev–Trinajstić information content (AvgIpc) is 2.85. The minimum atomic E-state index is -0.792. The molecule has 1 heterocycles. The average molecular weight is 492 g/mol. The van der Waals surface area contributed by atoms with Gasteiger partial charge in [0.25, 0.3) is 0 Å². The number of guanidine groups is 1. The van der Waals surface area contributed by atoms with Crippen molar-refractivity contribution in [1.29, 1.82) is 0 Å². The van der Waals surface area contributed by atoms with Crippen molar-refractivity contribution in [1.82, 2.24) is 0 Å². The van der Waals surface area contributed by atoms with E-state index in [0.29, 0.717) is 18.8 Å². The van der Waals surface area contributed by atoms with Gasteiger partial charge in [0.2, 0.25) is 5.96 Å². The second-order valence-corrected chi connectivity index (χ2v) is 9.12. The lowest BCUT2D eigenvalue weighted by molar-refractivity contribution is 0.287. The van der Waals surface area contributed by atoms with Gasteiger partial charge in [0.15, 0.2) is 11.6 Å². The summed E-state index contributed by atoms with van der Waals surface area (Å²) in [5, 5.41) is 5.26. The predicted molar refractivity (Wildman–Crippen MR) is 146 cm³/mol. The number of nitrogens with zero attached hydrogens (tertiary/aromatic N) is 4. The maximum atomic E-state index is 15.0. The van der Waals surface area contributed by atoms with Gasteiger partial charge < -0.3 is 19.9 Å². The molecule has 0 amide bonds. The van der Waals surface area contributed by atoms with Crippen LogP contribution in [-0.4, -0.2) is 52.0 Å². The quantitative estimate of drug-likeness (QED) is 0.350. The van der Waals surface area contributed by atoms with E-state index in [9.17, 15) is 8.78 Å². The number of allylic oxidation sites excluding steroid dienone is 1. The molecule has 1 aliphatic rings. The monoisotopic (exact) mass is 491 g/mol. The highest BCUT2D eigenvalue weighted by atomic mass is 19.1. The maximum Gasteiger partial charge on any atom is 0.222 e. The van der Waals surface area contributed by atoms with Crippen LogP contribution in [0.3, 0.4) is 0 Å². The van der Waals surface area contributed by atoms with E-state index >= 15 is 0 Å². The second-order valence-electron chi connectivity index (χ2n) is 9.12. The smallest absolute Gasteiger partial charge is 0.222 e. The van der Waals surface area contributed by atoms with Gasteiger partial charge in [-0.05, 0) is 61.0 Å². The summed E-state index contributed by atoms with van der Waals surface area (Å²) < 4.78 is 35.2. The molecule has 1 N–H and O–H groups in total. The fourth-order valence-electron chi connectivity index (χ4n) is 4.22. The molecule has 0 saturated heterocycles. The topological polar surface area (TPSA) is 52.5 Å². The third-order valence-electron chi connectivity index (χ3n) is 6.09. The number of halogens is 2. The van der Waals surface area contributed by atoms with Crippen molar-refractivity contribution in [3.63, 3.8) is 0 Å². The number of nitrogens with one attached hydrogen (secondary N) is 1. The summed E-state index contributed by atoms with van der Waals surface area (Å²) in [7, 11) is 5.53. The Balaban J connectivity index is 1.70. The Morgan fingerprint density at radius 2 is 1.86 bits per heavy atom. The van der Waals surface area contributed by atoms with Crippen molar-refractivity contribution >= 4 is 39.5 Å². The highest BCUT2D eigenvalue weighted by Crippen LogP contribution is 2.37. The number of aliphatic imine (C=N–C) groups is 2. The molecule has 3 aromatic rings. The molecule has 8 heteroatoms. The molecule has 1 aliphatic heterocycles. The summed E-state index contributed by atoms with van der Waals surface area (Å²) in [5.41, 5.74) is 2.53. The lowest BCUT2D eigenvalue weighted by Gasteiger charge is -2.34. The van der Waals surface area contributed by atoms with E-state index in [1.54, 1.807) is 13.1 Å². The Morgan fingerprint density at radius 1 is 1.11 bits per heavy atom. The Hall–Kier alpha value is -3.94. The van der Waals surface area contributed by atoms with E-state index in [-0.39, 0.29) is 29.0 Å². The van der Waals surface area contributed by atoms with Gasteiger partial charge in [-0.25, -0.2) is 13.8 Å². The molecule has 0 saturated carbocycles. The van der Waals surface area contributed by atoms with Crippen molar-refractivity contribution in [3.8, 4) is 5.75 Å². The van der Waals surface area contributed by atoms with Gasteiger partial charge >= 0.3 is 0 Å². The molecule has 188 valence electrons. The summed E-state index contributed by atoms with van der Waals surface area (Å²) in [6, 6.07) is 15.1. The zero-order valence-corrected chi connectivity index (χ0v) is 21.3. The van der Waals surface area contributed by atoms with Gasteiger partial charge in [-0.3, -0.25) is 4.99 Å². The summed E-state index contributed by atoms with van der Waals surface area (Å²) >= 11 is 0. The summed E-state index contributed by atoms with van der Waals surface area (Å²) in [4.78, 5) is 12.6. The maximum absolute atomic E-state index is 15.0. The number of benzene rings is 3. The molecule has 0 unspecified atom stereocenters. The molecular weight excluding hydrogens is 460 g/mol. The van der Waals surface area contributed by atoms with Crippen LogP contribution in [0.5, 0.6) is 5.75 Å². The summed E-state index contributed by atoms with van der Waals surface area (Å²) in [5.74, 6) is -1.03. The van der Waals surface area contributed by atoms with Gasteiger partial charge in [0.1, 0.15) is 18.1 Å². The molecule has 0 radical (unpaired) electrons. The molecule has 36 heavy (non-hydrogen) atoms. The van der Waals surface area contributed by atoms with Crippen LogP contribution in [0.2, 0.25) is 0 Å². The van der Waals surface area contributed by atoms with Gasteiger partial charge in [0, 0.05) is 44.1 Å². The van der Waals surface area contributed by atoms with Crippen LogP contribution in [0, 0.1) is 5.82 Å². The number of ether oxygens (including phenoxy) is 1. The van der Waals surface area contributed by atoms with Crippen molar-refractivity contribution in [2.75, 3.05) is 49.4 Å². The first-order valence-corrected chi connectivity index (χ1v) is 11.8.